The Bertz CT molecular complexity index is 953. The molecule has 4 nitrogen and oxygen atoms in total. The average Bonchev–Trinajstić information content (AvgIpc) is 3.12. The molecule has 0 aromatic heterocycles. The van der Waals surface area contributed by atoms with Crippen LogP contribution >= 0.6 is 0 Å². The van der Waals surface area contributed by atoms with Gasteiger partial charge in [-0.15, -0.1) is 0 Å². The molecule has 0 saturated carbocycles. The van der Waals surface area contributed by atoms with Crippen LogP contribution < -0.4 is 9.47 Å². The molecule has 0 radical (unpaired) electrons. The number of hydrogen-bond donors (Lipinski definition) is 0. The SMILES string of the molecule is C=C(C)C(=O)Oc1cccc(-c2ccc(OC(=O)C(=C)C)c3c2CCC3)c1. The molecule has 0 atom stereocenters. The number of benzene rings is 2. The summed E-state index contributed by atoms with van der Waals surface area (Å²) in [5.74, 6) is 0.221. The maximum absolute atomic E-state index is 11.9. The van der Waals surface area contributed by atoms with Gasteiger partial charge in [0.15, 0.2) is 0 Å². The lowest BCUT2D eigenvalue weighted by atomic mass is 9.96. The summed E-state index contributed by atoms with van der Waals surface area (Å²) in [6.45, 7) is 10.5. The minimum absolute atomic E-state index is 0.352. The van der Waals surface area contributed by atoms with Crippen molar-refractivity contribution in [2.75, 3.05) is 0 Å². The fraction of sp³-hybridized carbons (Fsp3) is 0.217. The molecule has 27 heavy (non-hydrogen) atoms. The fourth-order valence-electron chi connectivity index (χ4n) is 3.15. The van der Waals surface area contributed by atoms with Crippen molar-refractivity contribution in [1.29, 1.82) is 0 Å². The molecule has 0 unspecified atom stereocenters. The third-order valence-electron chi connectivity index (χ3n) is 4.50. The van der Waals surface area contributed by atoms with E-state index in [0.717, 1.165) is 36.0 Å². The fourth-order valence-corrected chi connectivity index (χ4v) is 3.15. The van der Waals surface area contributed by atoms with Gasteiger partial charge in [-0.2, -0.15) is 0 Å². The Morgan fingerprint density at radius 2 is 1.56 bits per heavy atom. The Balaban J connectivity index is 1.95. The summed E-state index contributed by atoms with van der Waals surface area (Å²) in [6.07, 6.45) is 2.79. The van der Waals surface area contributed by atoms with E-state index in [0.29, 0.717) is 22.6 Å². The number of carbonyl (C=O) groups is 2. The van der Waals surface area contributed by atoms with E-state index in [-0.39, 0.29) is 0 Å². The number of fused-ring (bicyclic) bond motifs is 1. The highest BCUT2D eigenvalue weighted by Crippen LogP contribution is 2.39. The van der Waals surface area contributed by atoms with Crippen LogP contribution in [-0.2, 0) is 22.4 Å². The van der Waals surface area contributed by atoms with E-state index < -0.39 is 11.9 Å². The van der Waals surface area contributed by atoms with Gasteiger partial charge in [0.2, 0.25) is 0 Å². The Kier molecular flexibility index (Phi) is 5.26. The van der Waals surface area contributed by atoms with Crippen molar-refractivity contribution >= 4 is 11.9 Å². The zero-order valence-corrected chi connectivity index (χ0v) is 15.6. The van der Waals surface area contributed by atoms with E-state index in [1.807, 2.05) is 30.3 Å². The zero-order valence-electron chi connectivity index (χ0n) is 15.6. The van der Waals surface area contributed by atoms with E-state index in [4.69, 9.17) is 9.47 Å². The standard InChI is InChI=1S/C23H22O4/c1-14(2)22(24)26-17-8-5-7-16(13-17)18-11-12-21(27-23(25)15(3)4)20-10-6-9-19(18)20/h5,7-8,11-13H,1,3,6,9-10H2,2,4H3. The van der Waals surface area contributed by atoms with Gasteiger partial charge in [-0.25, -0.2) is 9.59 Å². The molecule has 4 heteroatoms. The van der Waals surface area contributed by atoms with Crippen LogP contribution in [-0.4, -0.2) is 11.9 Å². The van der Waals surface area contributed by atoms with E-state index in [9.17, 15) is 9.59 Å². The number of esters is 2. The van der Waals surface area contributed by atoms with Crippen LogP contribution in [0.25, 0.3) is 11.1 Å². The normalized spacial score (nSPS) is 12.2. The van der Waals surface area contributed by atoms with Gasteiger partial charge < -0.3 is 9.47 Å². The maximum atomic E-state index is 11.9. The van der Waals surface area contributed by atoms with Gasteiger partial charge in [0.05, 0.1) is 0 Å². The number of ether oxygens (including phenoxy) is 2. The van der Waals surface area contributed by atoms with Gasteiger partial charge in [-0.05, 0) is 73.6 Å². The predicted molar refractivity (Wildman–Crippen MR) is 105 cm³/mol. The summed E-state index contributed by atoms with van der Waals surface area (Å²) in [7, 11) is 0. The molecule has 0 heterocycles. The topological polar surface area (TPSA) is 52.6 Å². The van der Waals surface area contributed by atoms with Crippen LogP contribution in [0.3, 0.4) is 0 Å². The first-order valence-electron chi connectivity index (χ1n) is 8.87. The van der Waals surface area contributed by atoms with Crippen molar-refractivity contribution < 1.29 is 19.1 Å². The van der Waals surface area contributed by atoms with Crippen molar-refractivity contribution in [3.05, 3.63) is 71.8 Å². The molecule has 0 bridgehead atoms. The molecule has 1 aliphatic rings. The third kappa shape index (κ3) is 4.00. The summed E-state index contributed by atoms with van der Waals surface area (Å²) in [4.78, 5) is 23.7. The number of hydrogen-bond acceptors (Lipinski definition) is 4. The molecule has 2 aromatic carbocycles. The van der Waals surface area contributed by atoms with Crippen LogP contribution in [0, 0.1) is 0 Å². The second-order valence-electron chi connectivity index (χ2n) is 6.79. The van der Waals surface area contributed by atoms with E-state index in [1.165, 1.54) is 5.56 Å². The average molecular weight is 362 g/mol. The number of rotatable bonds is 5. The third-order valence-corrected chi connectivity index (χ3v) is 4.50. The Labute approximate surface area is 159 Å². The van der Waals surface area contributed by atoms with Crippen molar-refractivity contribution in [2.45, 2.75) is 33.1 Å². The lowest BCUT2D eigenvalue weighted by Crippen LogP contribution is -2.10. The minimum Gasteiger partial charge on any atom is -0.423 e. The lowest BCUT2D eigenvalue weighted by molar-refractivity contribution is -0.131. The maximum Gasteiger partial charge on any atom is 0.338 e. The van der Waals surface area contributed by atoms with Gasteiger partial charge in [0.1, 0.15) is 11.5 Å². The molecule has 0 fully saturated rings. The Morgan fingerprint density at radius 3 is 2.26 bits per heavy atom. The second kappa shape index (κ2) is 7.62. The molecule has 0 amide bonds. The van der Waals surface area contributed by atoms with Gasteiger partial charge >= 0.3 is 11.9 Å². The monoisotopic (exact) mass is 362 g/mol. The molecule has 0 spiro atoms. The number of carbonyl (C=O) groups excluding carboxylic acids is 2. The predicted octanol–water partition coefficient (Wildman–Crippen LogP) is 4.81. The zero-order chi connectivity index (χ0) is 19.6. The van der Waals surface area contributed by atoms with Gasteiger partial charge in [0, 0.05) is 11.1 Å². The van der Waals surface area contributed by atoms with E-state index >= 15 is 0 Å². The van der Waals surface area contributed by atoms with Crippen molar-refractivity contribution in [3.8, 4) is 22.6 Å². The summed E-state index contributed by atoms with van der Waals surface area (Å²) in [5, 5.41) is 0. The van der Waals surface area contributed by atoms with Crippen molar-refractivity contribution in [1.82, 2.24) is 0 Å². The molecular weight excluding hydrogens is 340 g/mol. The highest BCUT2D eigenvalue weighted by atomic mass is 16.5. The first-order valence-corrected chi connectivity index (χ1v) is 8.87. The first kappa shape index (κ1) is 18.6. The molecular formula is C23H22O4. The van der Waals surface area contributed by atoms with Gasteiger partial charge in [0.25, 0.3) is 0 Å². The minimum atomic E-state index is -0.445. The van der Waals surface area contributed by atoms with Crippen LogP contribution in [0.5, 0.6) is 11.5 Å². The van der Waals surface area contributed by atoms with Crippen LogP contribution in [0.15, 0.2) is 60.7 Å². The van der Waals surface area contributed by atoms with Gasteiger partial charge in [-0.1, -0.05) is 31.4 Å². The molecule has 0 saturated heterocycles. The molecule has 1 aliphatic carbocycles. The summed E-state index contributed by atoms with van der Waals surface area (Å²) < 4.78 is 10.8. The van der Waals surface area contributed by atoms with Crippen LogP contribution in [0.4, 0.5) is 0 Å². The highest BCUT2D eigenvalue weighted by Gasteiger charge is 2.22. The lowest BCUT2D eigenvalue weighted by Gasteiger charge is -2.14. The Hall–Kier alpha value is -3.14. The quantitative estimate of drug-likeness (QED) is 0.435. The van der Waals surface area contributed by atoms with E-state index in [1.54, 1.807) is 19.9 Å². The van der Waals surface area contributed by atoms with Crippen LogP contribution in [0.1, 0.15) is 31.4 Å². The molecule has 138 valence electrons. The molecule has 0 aliphatic heterocycles. The molecule has 0 N–H and O–H groups in total. The Morgan fingerprint density at radius 1 is 0.889 bits per heavy atom. The first-order chi connectivity index (χ1) is 12.9. The largest absolute Gasteiger partial charge is 0.423 e. The summed E-state index contributed by atoms with van der Waals surface area (Å²) in [5.41, 5.74) is 4.98. The van der Waals surface area contributed by atoms with Gasteiger partial charge in [-0.3, -0.25) is 0 Å². The van der Waals surface area contributed by atoms with Crippen LogP contribution in [0.2, 0.25) is 0 Å². The van der Waals surface area contributed by atoms with Crippen molar-refractivity contribution in [3.63, 3.8) is 0 Å². The second-order valence-corrected chi connectivity index (χ2v) is 6.79. The smallest absolute Gasteiger partial charge is 0.338 e. The molecule has 2 aromatic rings. The summed E-state index contributed by atoms with van der Waals surface area (Å²) in [6, 6.07) is 11.2. The summed E-state index contributed by atoms with van der Waals surface area (Å²) >= 11 is 0. The highest BCUT2D eigenvalue weighted by molar-refractivity contribution is 5.90. The molecule has 3 rings (SSSR count). The van der Waals surface area contributed by atoms with E-state index in [2.05, 4.69) is 13.2 Å². The van der Waals surface area contributed by atoms with Crippen molar-refractivity contribution in [2.24, 2.45) is 0 Å².